The molecule has 0 aliphatic carbocycles. The molecule has 2 N–H and O–H groups in total. The number of nitrogens with zero attached hydrogens (tertiary/aromatic N) is 1. The average molecular weight is 237 g/mol. The molecule has 0 spiro atoms. The van der Waals surface area contributed by atoms with Crippen LogP contribution in [0, 0.1) is 0 Å². The van der Waals surface area contributed by atoms with Crippen molar-refractivity contribution >= 4 is 17.4 Å². The smallest absolute Gasteiger partial charge is 0.185 e. The first kappa shape index (κ1) is 11.0. The average Bonchev–Trinajstić information content (AvgIpc) is 2.62. The van der Waals surface area contributed by atoms with Gasteiger partial charge in [-0.3, -0.25) is 0 Å². The van der Waals surface area contributed by atoms with Gasteiger partial charge in [-0.05, 0) is 18.4 Å². The fourth-order valence-electron chi connectivity index (χ4n) is 1.58. The lowest BCUT2D eigenvalue weighted by Crippen LogP contribution is -1.89. The van der Waals surface area contributed by atoms with Crippen LogP contribution < -0.4 is 5.73 Å². The van der Waals surface area contributed by atoms with Crippen LogP contribution in [-0.2, 0) is 12.8 Å². The highest BCUT2D eigenvalue weighted by molar-refractivity contribution is 6.33. The normalized spacial score (nSPS) is 10.6. The highest BCUT2D eigenvalue weighted by Gasteiger charge is 2.10. The van der Waals surface area contributed by atoms with Crippen LogP contribution in [0.1, 0.15) is 17.7 Å². The molecule has 16 heavy (non-hydrogen) atoms. The van der Waals surface area contributed by atoms with Gasteiger partial charge in [-0.25, -0.2) is 0 Å². The molecule has 0 fully saturated rings. The molecule has 2 rings (SSSR count). The summed E-state index contributed by atoms with van der Waals surface area (Å²) in [4.78, 5) is 0. The minimum atomic E-state index is 0.274. The molecule has 0 saturated carbocycles. The summed E-state index contributed by atoms with van der Waals surface area (Å²) in [5, 5.41) is 4.06. The van der Waals surface area contributed by atoms with Crippen molar-refractivity contribution in [3.05, 3.63) is 46.7 Å². The van der Waals surface area contributed by atoms with E-state index in [2.05, 4.69) is 17.3 Å². The molecule has 0 radical (unpaired) electrons. The van der Waals surface area contributed by atoms with E-state index in [1.165, 1.54) is 5.56 Å². The van der Waals surface area contributed by atoms with Crippen molar-refractivity contribution < 1.29 is 4.52 Å². The Morgan fingerprint density at radius 3 is 2.56 bits per heavy atom. The number of rotatable bonds is 4. The summed E-state index contributed by atoms with van der Waals surface area (Å²) in [5.74, 6) is 0.950. The summed E-state index contributed by atoms with van der Waals surface area (Å²) in [7, 11) is 0. The summed E-state index contributed by atoms with van der Waals surface area (Å²) in [6.45, 7) is 0. The highest BCUT2D eigenvalue weighted by atomic mass is 35.5. The Kier molecular flexibility index (Phi) is 3.47. The van der Waals surface area contributed by atoms with E-state index < -0.39 is 0 Å². The van der Waals surface area contributed by atoms with Crippen LogP contribution in [0.4, 0.5) is 5.82 Å². The molecule has 0 bridgehead atoms. The third kappa shape index (κ3) is 2.55. The van der Waals surface area contributed by atoms with Crippen molar-refractivity contribution in [1.29, 1.82) is 0 Å². The molecule has 0 unspecified atom stereocenters. The maximum Gasteiger partial charge on any atom is 0.185 e. The number of hydrogen-bond donors (Lipinski definition) is 1. The Hall–Kier alpha value is -1.48. The van der Waals surface area contributed by atoms with E-state index in [0.717, 1.165) is 19.3 Å². The fourth-order valence-corrected chi connectivity index (χ4v) is 1.74. The fraction of sp³-hybridized carbons (Fsp3) is 0.250. The molecule has 1 aromatic carbocycles. The minimum absolute atomic E-state index is 0.274. The van der Waals surface area contributed by atoms with Crippen LogP contribution >= 0.6 is 11.6 Å². The molecule has 2 aromatic rings. The van der Waals surface area contributed by atoms with E-state index in [-0.39, 0.29) is 5.82 Å². The van der Waals surface area contributed by atoms with Gasteiger partial charge >= 0.3 is 0 Å². The van der Waals surface area contributed by atoms with Crippen molar-refractivity contribution in [2.24, 2.45) is 0 Å². The first-order valence-electron chi connectivity index (χ1n) is 5.21. The molecule has 0 atom stereocenters. The topological polar surface area (TPSA) is 52.0 Å². The van der Waals surface area contributed by atoms with Gasteiger partial charge in [0.15, 0.2) is 11.6 Å². The molecule has 4 heteroatoms. The van der Waals surface area contributed by atoms with Crippen LogP contribution in [-0.4, -0.2) is 5.16 Å². The van der Waals surface area contributed by atoms with Crippen molar-refractivity contribution in [2.45, 2.75) is 19.3 Å². The maximum atomic E-state index is 5.91. The van der Waals surface area contributed by atoms with E-state index in [0.29, 0.717) is 10.8 Å². The Labute approximate surface area is 99.2 Å². The third-order valence-corrected chi connectivity index (χ3v) is 2.84. The zero-order chi connectivity index (χ0) is 11.4. The number of anilines is 1. The zero-order valence-corrected chi connectivity index (χ0v) is 9.57. The molecule has 84 valence electrons. The van der Waals surface area contributed by atoms with Gasteiger partial charge in [0.25, 0.3) is 0 Å². The lowest BCUT2D eigenvalue weighted by Gasteiger charge is -1.99. The molecule has 1 heterocycles. The molecular weight excluding hydrogens is 224 g/mol. The molecule has 0 amide bonds. The summed E-state index contributed by atoms with van der Waals surface area (Å²) >= 11 is 5.91. The quantitative estimate of drug-likeness (QED) is 0.888. The first-order valence-corrected chi connectivity index (χ1v) is 5.58. The Bertz CT molecular complexity index is 453. The zero-order valence-electron chi connectivity index (χ0n) is 8.82. The van der Waals surface area contributed by atoms with Gasteiger partial charge in [-0.2, -0.15) is 0 Å². The van der Waals surface area contributed by atoms with Gasteiger partial charge in [0.1, 0.15) is 5.02 Å². The van der Waals surface area contributed by atoms with Crippen LogP contribution in [0.15, 0.2) is 34.9 Å². The van der Waals surface area contributed by atoms with Crippen LogP contribution in [0.2, 0.25) is 5.02 Å². The standard InChI is InChI=1S/C12H13ClN2O/c13-11-10(16-15-12(11)14)8-4-7-9-5-2-1-3-6-9/h1-3,5-6H,4,7-8H2,(H2,14,15). The van der Waals surface area contributed by atoms with Gasteiger partial charge in [-0.15, -0.1) is 0 Å². The largest absolute Gasteiger partial charge is 0.380 e. The highest BCUT2D eigenvalue weighted by Crippen LogP contribution is 2.23. The molecule has 3 nitrogen and oxygen atoms in total. The van der Waals surface area contributed by atoms with Crippen molar-refractivity contribution in [2.75, 3.05) is 5.73 Å². The van der Waals surface area contributed by atoms with Gasteiger partial charge < -0.3 is 10.3 Å². The SMILES string of the molecule is Nc1noc(CCCc2ccccc2)c1Cl. The summed E-state index contributed by atoms with van der Waals surface area (Å²) in [6.07, 6.45) is 2.73. The third-order valence-electron chi connectivity index (χ3n) is 2.44. The molecule has 1 aromatic heterocycles. The predicted molar refractivity (Wildman–Crippen MR) is 64.4 cm³/mol. The first-order chi connectivity index (χ1) is 7.77. The van der Waals surface area contributed by atoms with Crippen LogP contribution in [0.5, 0.6) is 0 Å². The second-order valence-electron chi connectivity index (χ2n) is 3.64. The molecular formula is C12H13ClN2O. The van der Waals surface area contributed by atoms with Gasteiger partial charge in [0.05, 0.1) is 0 Å². The number of halogens is 1. The number of aromatic nitrogens is 1. The van der Waals surface area contributed by atoms with Gasteiger partial charge in [0, 0.05) is 6.42 Å². The summed E-state index contributed by atoms with van der Waals surface area (Å²) < 4.78 is 5.03. The molecule has 0 aliphatic rings. The number of nitrogens with two attached hydrogens (primary N) is 1. The monoisotopic (exact) mass is 236 g/mol. The Balaban J connectivity index is 1.87. The maximum absolute atomic E-state index is 5.91. The molecule has 0 saturated heterocycles. The number of benzene rings is 1. The molecule has 0 aliphatic heterocycles. The summed E-state index contributed by atoms with van der Waals surface area (Å²) in [5.41, 5.74) is 6.80. The van der Waals surface area contributed by atoms with E-state index in [4.69, 9.17) is 21.9 Å². The van der Waals surface area contributed by atoms with E-state index >= 15 is 0 Å². The van der Waals surface area contributed by atoms with Crippen LogP contribution in [0.25, 0.3) is 0 Å². The lowest BCUT2D eigenvalue weighted by atomic mass is 10.1. The summed E-state index contributed by atoms with van der Waals surface area (Å²) in [6, 6.07) is 10.3. The second kappa shape index (κ2) is 5.03. The van der Waals surface area contributed by atoms with E-state index in [1.807, 2.05) is 18.2 Å². The van der Waals surface area contributed by atoms with E-state index in [1.54, 1.807) is 0 Å². The Morgan fingerprint density at radius 1 is 1.19 bits per heavy atom. The minimum Gasteiger partial charge on any atom is -0.380 e. The second-order valence-corrected chi connectivity index (χ2v) is 4.02. The van der Waals surface area contributed by atoms with Crippen molar-refractivity contribution in [3.8, 4) is 0 Å². The lowest BCUT2D eigenvalue weighted by molar-refractivity contribution is 0.383. The van der Waals surface area contributed by atoms with Crippen molar-refractivity contribution in [1.82, 2.24) is 5.16 Å². The van der Waals surface area contributed by atoms with Crippen molar-refractivity contribution in [3.63, 3.8) is 0 Å². The van der Waals surface area contributed by atoms with Gasteiger partial charge in [0.2, 0.25) is 0 Å². The number of nitrogen functional groups attached to an aromatic ring is 1. The predicted octanol–water partition coefficient (Wildman–Crippen LogP) is 3.09. The number of hydrogen-bond acceptors (Lipinski definition) is 3. The van der Waals surface area contributed by atoms with Gasteiger partial charge in [-0.1, -0.05) is 47.1 Å². The number of aryl methyl sites for hydroxylation is 2. The van der Waals surface area contributed by atoms with E-state index in [9.17, 15) is 0 Å². The Morgan fingerprint density at radius 2 is 1.94 bits per heavy atom. The van der Waals surface area contributed by atoms with Crippen LogP contribution in [0.3, 0.4) is 0 Å².